The molecule has 3 nitrogen and oxygen atoms in total. The molecule has 0 spiro atoms. The first-order valence-corrected chi connectivity index (χ1v) is 6.46. The molecule has 1 saturated heterocycles. The van der Waals surface area contributed by atoms with E-state index in [0.717, 1.165) is 31.7 Å². The van der Waals surface area contributed by atoms with Crippen LogP contribution in [-0.4, -0.2) is 26.3 Å². The zero-order chi connectivity index (χ0) is 13.1. The molecule has 0 radical (unpaired) electrons. The van der Waals surface area contributed by atoms with Crippen LogP contribution in [0, 0.1) is 5.82 Å². The largest absolute Gasteiger partial charge is 0.376 e. The lowest BCUT2D eigenvalue weighted by molar-refractivity contribution is 0.116. The highest BCUT2D eigenvalue weighted by molar-refractivity contribution is 5.55. The first-order chi connectivity index (χ1) is 8.59. The van der Waals surface area contributed by atoms with Crippen LogP contribution in [0.25, 0.3) is 0 Å². The molecule has 0 amide bonds. The third-order valence-corrected chi connectivity index (χ3v) is 3.40. The highest BCUT2D eigenvalue weighted by Gasteiger charge is 2.20. The number of nitrogens with zero attached hydrogens (tertiary/aromatic N) is 1. The van der Waals surface area contributed by atoms with Crippen LogP contribution in [0.3, 0.4) is 0 Å². The molecule has 2 atom stereocenters. The van der Waals surface area contributed by atoms with Crippen molar-refractivity contribution in [3.05, 3.63) is 29.6 Å². The zero-order valence-corrected chi connectivity index (χ0v) is 11.0. The molecule has 2 rings (SSSR count). The molecule has 0 aliphatic carbocycles. The van der Waals surface area contributed by atoms with Crippen LogP contribution < -0.4 is 10.6 Å². The Labute approximate surface area is 108 Å². The average Bonchev–Trinajstić information content (AvgIpc) is 2.80. The quantitative estimate of drug-likeness (QED) is 0.894. The molecular weight excluding hydrogens is 231 g/mol. The number of ether oxygens (including phenoxy) is 1. The summed E-state index contributed by atoms with van der Waals surface area (Å²) in [6.07, 6.45) is 2.44. The van der Waals surface area contributed by atoms with Crippen molar-refractivity contribution in [2.24, 2.45) is 5.73 Å². The van der Waals surface area contributed by atoms with Crippen molar-refractivity contribution in [2.45, 2.75) is 31.9 Å². The number of rotatable bonds is 4. The molecule has 1 aliphatic rings. The fourth-order valence-electron chi connectivity index (χ4n) is 2.50. The topological polar surface area (TPSA) is 38.5 Å². The molecule has 1 heterocycles. The van der Waals surface area contributed by atoms with Crippen LogP contribution in [0.1, 0.15) is 31.4 Å². The molecule has 1 unspecified atom stereocenters. The molecule has 0 aromatic heterocycles. The lowest BCUT2D eigenvalue weighted by Gasteiger charge is -2.26. The van der Waals surface area contributed by atoms with E-state index >= 15 is 0 Å². The summed E-state index contributed by atoms with van der Waals surface area (Å²) in [4.78, 5) is 2.04. The summed E-state index contributed by atoms with van der Waals surface area (Å²) >= 11 is 0. The standard InChI is InChI=1S/C14H21FN2O/c1-10(16)14-12(15)6-3-7-13(14)17(2)9-11-5-4-8-18-11/h3,6-7,10-11H,4-5,8-9,16H2,1-2H3/t10-,11?/m1/s1. The second kappa shape index (κ2) is 5.67. The van der Waals surface area contributed by atoms with E-state index < -0.39 is 0 Å². The van der Waals surface area contributed by atoms with Gasteiger partial charge in [0.2, 0.25) is 0 Å². The van der Waals surface area contributed by atoms with Crippen molar-refractivity contribution in [3.63, 3.8) is 0 Å². The van der Waals surface area contributed by atoms with Crippen molar-refractivity contribution in [1.29, 1.82) is 0 Å². The van der Waals surface area contributed by atoms with E-state index in [2.05, 4.69) is 0 Å². The number of nitrogens with two attached hydrogens (primary N) is 1. The van der Waals surface area contributed by atoms with Crippen molar-refractivity contribution in [3.8, 4) is 0 Å². The van der Waals surface area contributed by atoms with Gasteiger partial charge in [-0.1, -0.05) is 6.07 Å². The van der Waals surface area contributed by atoms with Gasteiger partial charge in [-0.25, -0.2) is 4.39 Å². The van der Waals surface area contributed by atoms with E-state index in [1.165, 1.54) is 6.07 Å². The number of halogens is 1. The molecule has 18 heavy (non-hydrogen) atoms. The Balaban J connectivity index is 2.18. The maximum absolute atomic E-state index is 13.8. The van der Waals surface area contributed by atoms with Gasteiger partial charge in [0.05, 0.1) is 6.10 Å². The summed E-state index contributed by atoms with van der Waals surface area (Å²) in [5.41, 5.74) is 7.31. The molecule has 1 aromatic rings. The summed E-state index contributed by atoms with van der Waals surface area (Å²) in [6, 6.07) is 4.79. The predicted octanol–water partition coefficient (Wildman–Crippen LogP) is 2.46. The predicted molar refractivity (Wildman–Crippen MR) is 71.2 cm³/mol. The highest BCUT2D eigenvalue weighted by Crippen LogP contribution is 2.28. The number of hydrogen-bond donors (Lipinski definition) is 1. The lowest BCUT2D eigenvalue weighted by atomic mass is 10.0. The van der Waals surface area contributed by atoms with Gasteiger partial charge in [0, 0.05) is 37.5 Å². The smallest absolute Gasteiger partial charge is 0.130 e. The Morgan fingerprint density at radius 1 is 1.56 bits per heavy atom. The number of hydrogen-bond acceptors (Lipinski definition) is 3. The Kier molecular flexibility index (Phi) is 4.19. The fourth-order valence-corrected chi connectivity index (χ4v) is 2.50. The Hall–Kier alpha value is -1.13. The fraction of sp³-hybridized carbons (Fsp3) is 0.571. The van der Waals surface area contributed by atoms with Crippen LogP contribution in [-0.2, 0) is 4.74 Å². The van der Waals surface area contributed by atoms with Crippen molar-refractivity contribution in [2.75, 3.05) is 25.1 Å². The van der Waals surface area contributed by atoms with Crippen molar-refractivity contribution in [1.82, 2.24) is 0 Å². The Bertz CT molecular complexity index is 403. The summed E-state index contributed by atoms with van der Waals surface area (Å²) in [6.45, 7) is 3.42. The molecule has 4 heteroatoms. The van der Waals surface area contributed by atoms with Gasteiger partial charge in [-0.3, -0.25) is 0 Å². The molecule has 1 aliphatic heterocycles. The molecule has 1 fully saturated rings. The van der Waals surface area contributed by atoms with Gasteiger partial charge >= 0.3 is 0 Å². The molecule has 2 N–H and O–H groups in total. The van der Waals surface area contributed by atoms with E-state index in [0.29, 0.717) is 5.56 Å². The van der Waals surface area contributed by atoms with Gasteiger partial charge in [0.25, 0.3) is 0 Å². The van der Waals surface area contributed by atoms with Crippen LogP contribution >= 0.6 is 0 Å². The minimum Gasteiger partial charge on any atom is -0.376 e. The summed E-state index contributed by atoms with van der Waals surface area (Å²) in [5.74, 6) is -0.235. The van der Waals surface area contributed by atoms with Gasteiger partial charge in [-0.15, -0.1) is 0 Å². The second-order valence-corrected chi connectivity index (χ2v) is 4.98. The third kappa shape index (κ3) is 2.82. The lowest BCUT2D eigenvalue weighted by Crippen LogP contribution is -2.30. The highest BCUT2D eigenvalue weighted by atomic mass is 19.1. The molecule has 0 saturated carbocycles. The minimum absolute atomic E-state index is 0.235. The number of benzene rings is 1. The SMILES string of the molecule is C[C@@H](N)c1c(F)cccc1N(C)CC1CCCO1. The first-order valence-electron chi connectivity index (χ1n) is 6.46. The molecule has 0 bridgehead atoms. The van der Waals surface area contributed by atoms with Gasteiger partial charge in [-0.2, -0.15) is 0 Å². The van der Waals surface area contributed by atoms with Crippen molar-refractivity contribution >= 4 is 5.69 Å². The average molecular weight is 252 g/mol. The second-order valence-electron chi connectivity index (χ2n) is 4.98. The number of anilines is 1. The van der Waals surface area contributed by atoms with Gasteiger partial charge in [0.1, 0.15) is 5.82 Å². The normalized spacial score (nSPS) is 21.0. The van der Waals surface area contributed by atoms with Crippen LogP contribution in [0.15, 0.2) is 18.2 Å². The Morgan fingerprint density at radius 2 is 2.33 bits per heavy atom. The zero-order valence-electron chi connectivity index (χ0n) is 11.0. The number of likely N-dealkylation sites (N-methyl/N-ethyl adjacent to an activating group) is 1. The van der Waals surface area contributed by atoms with Crippen molar-refractivity contribution < 1.29 is 9.13 Å². The minimum atomic E-state index is -0.312. The monoisotopic (exact) mass is 252 g/mol. The van der Waals surface area contributed by atoms with E-state index in [-0.39, 0.29) is 18.0 Å². The summed E-state index contributed by atoms with van der Waals surface area (Å²) in [7, 11) is 1.96. The maximum atomic E-state index is 13.8. The molecule has 1 aromatic carbocycles. The van der Waals surface area contributed by atoms with Gasteiger partial charge in [-0.05, 0) is 31.9 Å². The van der Waals surface area contributed by atoms with Crippen LogP contribution in [0.4, 0.5) is 10.1 Å². The maximum Gasteiger partial charge on any atom is 0.130 e. The van der Waals surface area contributed by atoms with Gasteiger partial charge < -0.3 is 15.4 Å². The van der Waals surface area contributed by atoms with E-state index in [1.807, 2.05) is 24.9 Å². The molecular formula is C14H21FN2O. The van der Waals surface area contributed by atoms with E-state index in [4.69, 9.17) is 10.5 Å². The van der Waals surface area contributed by atoms with Gasteiger partial charge in [0.15, 0.2) is 0 Å². The summed E-state index contributed by atoms with van der Waals surface area (Å²) in [5, 5.41) is 0. The van der Waals surface area contributed by atoms with Crippen LogP contribution in [0.2, 0.25) is 0 Å². The molecule has 100 valence electrons. The van der Waals surface area contributed by atoms with E-state index in [9.17, 15) is 4.39 Å². The third-order valence-electron chi connectivity index (χ3n) is 3.40. The van der Waals surface area contributed by atoms with E-state index in [1.54, 1.807) is 6.07 Å². The Morgan fingerprint density at radius 3 is 2.94 bits per heavy atom. The first kappa shape index (κ1) is 13.3. The summed E-state index contributed by atoms with van der Waals surface area (Å²) < 4.78 is 19.4. The van der Waals surface area contributed by atoms with Crippen LogP contribution in [0.5, 0.6) is 0 Å².